The van der Waals surface area contributed by atoms with E-state index in [2.05, 4.69) is 29.1 Å². The Morgan fingerprint density at radius 3 is 2.78 bits per heavy atom. The molecular weight excluding hydrogens is 290 g/mol. The van der Waals surface area contributed by atoms with Crippen LogP contribution < -0.4 is 5.32 Å². The van der Waals surface area contributed by atoms with E-state index in [1.54, 1.807) is 18.2 Å². The second-order valence-electron chi connectivity index (χ2n) is 5.97. The highest BCUT2D eigenvalue weighted by molar-refractivity contribution is 5.97. The van der Waals surface area contributed by atoms with Gasteiger partial charge in [-0.15, -0.1) is 0 Å². The lowest BCUT2D eigenvalue weighted by atomic mass is 10.1. The molecule has 3 aromatic rings. The van der Waals surface area contributed by atoms with Crippen LogP contribution in [0.25, 0.3) is 22.7 Å². The van der Waals surface area contributed by atoms with Crippen LogP contribution in [0.2, 0.25) is 0 Å². The first-order valence-corrected chi connectivity index (χ1v) is 7.66. The number of hydrogen-bond acceptors (Lipinski definition) is 4. The lowest BCUT2D eigenvalue weighted by molar-refractivity contribution is 0.0949. The highest BCUT2D eigenvalue weighted by atomic mass is 16.3. The van der Waals surface area contributed by atoms with Crippen molar-refractivity contribution >= 4 is 17.0 Å². The zero-order chi connectivity index (χ0) is 16.4. The number of carbonyl (C=O) groups is 1. The average molecular weight is 309 g/mol. The summed E-state index contributed by atoms with van der Waals surface area (Å²) in [6.45, 7) is 6.68. The molecule has 1 amide bonds. The molecule has 0 bridgehead atoms. The summed E-state index contributed by atoms with van der Waals surface area (Å²) in [6.07, 6.45) is 0. The van der Waals surface area contributed by atoms with Crippen LogP contribution in [0, 0.1) is 12.8 Å². The predicted molar refractivity (Wildman–Crippen MR) is 89.1 cm³/mol. The van der Waals surface area contributed by atoms with Gasteiger partial charge in [-0.3, -0.25) is 4.79 Å². The third-order valence-corrected chi connectivity index (χ3v) is 3.43. The van der Waals surface area contributed by atoms with Crippen LogP contribution in [0.1, 0.15) is 29.9 Å². The molecule has 0 unspecified atom stereocenters. The minimum atomic E-state index is -0.104. The summed E-state index contributed by atoms with van der Waals surface area (Å²) in [5.74, 6) is 0.766. The van der Waals surface area contributed by atoms with Crippen molar-refractivity contribution in [3.8, 4) is 11.6 Å². The fourth-order valence-electron chi connectivity index (χ4n) is 2.24. The topological polar surface area (TPSA) is 68.0 Å². The van der Waals surface area contributed by atoms with Gasteiger partial charge in [0.1, 0.15) is 11.2 Å². The van der Waals surface area contributed by atoms with Gasteiger partial charge in [0, 0.05) is 17.8 Å². The quantitative estimate of drug-likeness (QED) is 0.799. The molecule has 0 saturated heterocycles. The van der Waals surface area contributed by atoms with Gasteiger partial charge < -0.3 is 9.73 Å². The van der Waals surface area contributed by atoms with Gasteiger partial charge in [0.05, 0.1) is 0 Å². The van der Waals surface area contributed by atoms with E-state index in [4.69, 9.17) is 4.42 Å². The van der Waals surface area contributed by atoms with E-state index in [1.807, 2.05) is 25.1 Å². The molecule has 0 aliphatic carbocycles. The predicted octanol–water partition coefficient (Wildman–Crippen LogP) is 3.58. The third kappa shape index (κ3) is 3.39. The van der Waals surface area contributed by atoms with Crippen LogP contribution in [0.4, 0.5) is 0 Å². The van der Waals surface area contributed by atoms with Gasteiger partial charge in [-0.25, -0.2) is 9.97 Å². The summed E-state index contributed by atoms with van der Waals surface area (Å²) in [6, 6.07) is 11.0. The van der Waals surface area contributed by atoms with E-state index >= 15 is 0 Å². The van der Waals surface area contributed by atoms with Gasteiger partial charge in [-0.05, 0) is 43.2 Å². The monoisotopic (exact) mass is 309 g/mol. The zero-order valence-electron chi connectivity index (χ0n) is 13.5. The van der Waals surface area contributed by atoms with Gasteiger partial charge in [-0.1, -0.05) is 19.9 Å². The molecule has 1 aromatic carbocycles. The molecule has 5 nitrogen and oxygen atoms in total. The first kappa shape index (κ1) is 15.2. The number of aromatic nitrogens is 2. The summed E-state index contributed by atoms with van der Waals surface area (Å²) < 4.78 is 5.77. The van der Waals surface area contributed by atoms with Crippen molar-refractivity contribution in [3.05, 3.63) is 47.7 Å². The maximum absolute atomic E-state index is 12.1. The Morgan fingerprint density at radius 2 is 2.04 bits per heavy atom. The first-order valence-electron chi connectivity index (χ1n) is 7.66. The average Bonchev–Trinajstić information content (AvgIpc) is 2.95. The second-order valence-corrected chi connectivity index (χ2v) is 5.97. The molecule has 23 heavy (non-hydrogen) atoms. The van der Waals surface area contributed by atoms with Crippen LogP contribution in [-0.4, -0.2) is 22.4 Å². The van der Waals surface area contributed by atoms with E-state index < -0.39 is 0 Å². The number of benzene rings is 1. The Bertz CT molecular complexity index is 852. The molecule has 2 heterocycles. The van der Waals surface area contributed by atoms with Crippen molar-refractivity contribution in [2.24, 2.45) is 5.92 Å². The van der Waals surface area contributed by atoms with Crippen molar-refractivity contribution < 1.29 is 9.21 Å². The zero-order valence-corrected chi connectivity index (χ0v) is 13.5. The van der Waals surface area contributed by atoms with Gasteiger partial charge in [0.25, 0.3) is 5.91 Å². The number of nitrogens with one attached hydrogen (secondary N) is 1. The molecular formula is C18H19N3O2. The number of rotatable bonds is 4. The molecule has 0 aliphatic heterocycles. The summed E-state index contributed by atoms with van der Waals surface area (Å²) >= 11 is 0. The van der Waals surface area contributed by atoms with Crippen LogP contribution >= 0.6 is 0 Å². The smallest absolute Gasteiger partial charge is 0.251 e. The molecule has 0 saturated carbocycles. The minimum Gasteiger partial charge on any atom is -0.435 e. The van der Waals surface area contributed by atoms with Crippen LogP contribution in [0.15, 0.2) is 40.8 Å². The molecule has 1 N–H and O–H groups in total. The molecule has 3 rings (SSSR count). The molecule has 0 atom stereocenters. The Morgan fingerprint density at radius 1 is 1.22 bits per heavy atom. The maximum atomic E-state index is 12.1. The minimum absolute atomic E-state index is 0.104. The number of fused-ring (bicyclic) bond motifs is 1. The number of carbonyl (C=O) groups excluding carboxylic acids is 1. The van der Waals surface area contributed by atoms with Crippen molar-refractivity contribution in [1.29, 1.82) is 0 Å². The van der Waals surface area contributed by atoms with E-state index in [1.165, 1.54) is 0 Å². The van der Waals surface area contributed by atoms with Crippen LogP contribution in [-0.2, 0) is 0 Å². The van der Waals surface area contributed by atoms with Gasteiger partial charge in [0.15, 0.2) is 5.58 Å². The van der Waals surface area contributed by atoms with E-state index in [9.17, 15) is 4.79 Å². The molecule has 0 spiro atoms. The van der Waals surface area contributed by atoms with E-state index in [-0.39, 0.29) is 5.91 Å². The molecule has 0 radical (unpaired) electrons. The maximum Gasteiger partial charge on any atom is 0.251 e. The highest BCUT2D eigenvalue weighted by Crippen LogP contribution is 2.24. The fraction of sp³-hybridized carbons (Fsp3) is 0.278. The van der Waals surface area contributed by atoms with Gasteiger partial charge in [0.2, 0.25) is 5.89 Å². The Hall–Kier alpha value is -2.69. The second kappa shape index (κ2) is 6.20. The number of amides is 1. The largest absolute Gasteiger partial charge is 0.435 e. The number of nitrogens with zero attached hydrogens (tertiary/aromatic N) is 2. The van der Waals surface area contributed by atoms with Crippen molar-refractivity contribution in [2.45, 2.75) is 20.8 Å². The Kier molecular flexibility index (Phi) is 4.10. The number of hydrogen-bond donors (Lipinski definition) is 1. The van der Waals surface area contributed by atoms with Gasteiger partial charge in [-0.2, -0.15) is 0 Å². The van der Waals surface area contributed by atoms with Crippen molar-refractivity contribution in [2.75, 3.05) is 6.54 Å². The highest BCUT2D eigenvalue weighted by Gasteiger charge is 2.13. The molecule has 5 heteroatoms. The molecule has 2 aromatic heterocycles. The lowest BCUT2D eigenvalue weighted by Crippen LogP contribution is -2.27. The number of pyridine rings is 1. The summed E-state index contributed by atoms with van der Waals surface area (Å²) in [4.78, 5) is 21.0. The Balaban J connectivity index is 1.90. The summed E-state index contributed by atoms with van der Waals surface area (Å²) in [5, 5.41) is 2.90. The fourth-order valence-corrected chi connectivity index (χ4v) is 2.24. The molecule has 0 fully saturated rings. The first-order chi connectivity index (χ1) is 11.0. The van der Waals surface area contributed by atoms with E-state index in [0.29, 0.717) is 40.7 Å². The molecule has 0 aliphatic rings. The normalized spacial score (nSPS) is 11.1. The van der Waals surface area contributed by atoms with Crippen molar-refractivity contribution in [3.63, 3.8) is 0 Å². The molecule has 118 valence electrons. The van der Waals surface area contributed by atoms with Gasteiger partial charge >= 0.3 is 0 Å². The van der Waals surface area contributed by atoms with Crippen LogP contribution in [0.3, 0.4) is 0 Å². The van der Waals surface area contributed by atoms with Crippen LogP contribution in [0.5, 0.6) is 0 Å². The lowest BCUT2D eigenvalue weighted by Gasteiger charge is -2.07. The number of aryl methyl sites for hydroxylation is 1. The Labute approximate surface area is 134 Å². The third-order valence-electron chi connectivity index (χ3n) is 3.43. The van der Waals surface area contributed by atoms with E-state index in [0.717, 1.165) is 5.69 Å². The number of oxazole rings is 1. The summed E-state index contributed by atoms with van der Waals surface area (Å²) in [5.41, 5.74) is 3.45. The van der Waals surface area contributed by atoms with Crippen molar-refractivity contribution in [1.82, 2.24) is 15.3 Å². The standard InChI is InChI=1S/C18H19N3O2/c1-11(2)10-19-17(22)13-7-8-14-16(9-13)23-18(21-14)15-6-4-5-12(3)20-15/h4-9,11H,10H2,1-3H3,(H,19,22). The summed E-state index contributed by atoms with van der Waals surface area (Å²) in [7, 11) is 0. The SMILES string of the molecule is Cc1cccc(-c2nc3ccc(C(=O)NCC(C)C)cc3o2)n1.